The van der Waals surface area contributed by atoms with Crippen LogP contribution in [0.4, 0.5) is 0 Å². The van der Waals surface area contributed by atoms with E-state index >= 15 is 0 Å². The third kappa shape index (κ3) is 1.50. The number of hydrogen-bond donors (Lipinski definition) is 0. The molecule has 0 bridgehead atoms. The van der Waals surface area contributed by atoms with Crippen LogP contribution in [0.2, 0.25) is 0 Å². The summed E-state index contributed by atoms with van der Waals surface area (Å²) in [5, 5.41) is 0. The first-order valence-corrected chi connectivity index (χ1v) is 7.10. The number of carbonyl (C=O) groups is 2. The molecule has 0 aromatic rings. The third-order valence-corrected chi connectivity index (χ3v) is 6.05. The first-order valence-electron chi connectivity index (χ1n) is 7.10. The molecule has 0 aromatic heterocycles. The minimum absolute atomic E-state index is 0.0508. The second-order valence-electron chi connectivity index (χ2n) is 6.47. The van der Waals surface area contributed by atoms with Gasteiger partial charge in [-0.3, -0.25) is 9.59 Å². The lowest BCUT2D eigenvalue weighted by Gasteiger charge is -2.52. The Morgan fingerprint density at radius 2 is 2.11 bits per heavy atom. The lowest BCUT2D eigenvalue weighted by Crippen LogP contribution is -2.59. The Labute approximate surface area is 115 Å². The van der Waals surface area contributed by atoms with Crippen molar-refractivity contribution in [1.29, 1.82) is 0 Å². The highest BCUT2D eigenvalue weighted by Gasteiger charge is 2.70. The van der Waals surface area contributed by atoms with Crippen molar-refractivity contribution >= 4 is 11.8 Å². The average molecular weight is 264 g/mol. The van der Waals surface area contributed by atoms with E-state index in [2.05, 4.69) is 20.4 Å². The number of rotatable bonds is 2. The van der Waals surface area contributed by atoms with Crippen LogP contribution in [0.5, 0.6) is 0 Å². The minimum Gasteiger partial charge on any atom is -0.468 e. The normalized spacial score (nSPS) is 45.7. The van der Waals surface area contributed by atoms with Gasteiger partial charge in [0.25, 0.3) is 0 Å². The van der Waals surface area contributed by atoms with E-state index in [9.17, 15) is 9.59 Å². The van der Waals surface area contributed by atoms with Gasteiger partial charge in [-0.05, 0) is 36.0 Å². The van der Waals surface area contributed by atoms with Crippen molar-refractivity contribution in [2.45, 2.75) is 40.0 Å². The highest BCUT2D eigenvalue weighted by Crippen LogP contribution is 2.65. The Kier molecular flexibility index (Phi) is 3.36. The molecule has 0 aliphatic heterocycles. The number of fused-ring (bicyclic) bond motifs is 1. The van der Waals surface area contributed by atoms with Gasteiger partial charge in [0.2, 0.25) is 0 Å². The molecular formula is C16H24O3. The van der Waals surface area contributed by atoms with E-state index in [0.29, 0.717) is 6.42 Å². The molecule has 2 aliphatic carbocycles. The summed E-state index contributed by atoms with van der Waals surface area (Å²) in [6.07, 6.45) is 4.10. The quantitative estimate of drug-likeness (QED) is 0.437. The van der Waals surface area contributed by atoms with Crippen LogP contribution in [0.25, 0.3) is 0 Å². The molecule has 1 unspecified atom stereocenters. The van der Waals surface area contributed by atoms with Gasteiger partial charge in [-0.15, -0.1) is 6.58 Å². The number of ether oxygens (including phenoxy) is 1. The van der Waals surface area contributed by atoms with Crippen LogP contribution in [-0.2, 0) is 14.3 Å². The van der Waals surface area contributed by atoms with Gasteiger partial charge < -0.3 is 4.74 Å². The van der Waals surface area contributed by atoms with E-state index in [0.717, 1.165) is 12.8 Å². The third-order valence-electron chi connectivity index (χ3n) is 6.05. The molecule has 0 saturated heterocycles. The van der Waals surface area contributed by atoms with Gasteiger partial charge in [0, 0.05) is 6.42 Å². The molecule has 0 radical (unpaired) electrons. The van der Waals surface area contributed by atoms with E-state index in [1.165, 1.54) is 7.11 Å². The van der Waals surface area contributed by atoms with Gasteiger partial charge in [-0.1, -0.05) is 26.8 Å². The first kappa shape index (κ1) is 14.3. The molecule has 0 N–H and O–H groups in total. The number of Topliss-reactive ketones (excluding diaryl/α,β-unsaturated/α-hetero) is 1. The van der Waals surface area contributed by atoms with E-state index in [1.807, 2.05) is 13.0 Å². The maximum Gasteiger partial charge on any atom is 0.320 e. The van der Waals surface area contributed by atoms with Gasteiger partial charge in [0.15, 0.2) is 5.78 Å². The van der Waals surface area contributed by atoms with Crippen LogP contribution >= 0.6 is 0 Å². The summed E-state index contributed by atoms with van der Waals surface area (Å²) in [6.45, 7) is 10.1. The summed E-state index contributed by atoms with van der Waals surface area (Å²) in [5.41, 5.74) is -1.26. The fourth-order valence-corrected chi connectivity index (χ4v) is 4.69. The summed E-state index contributed by atoms with van der Waals surface area (Å²) in [5.74, 6) is 0.215. The largest absolute Gasteiger partial charge is 0.468 e. The zero-order chi connectivity index (χ0) is 14.4. The maximum absolute atomic E-state index is 12.8. The van der Waals surface area contributed by atoms with Gasteiger partial charge in [0.05, 0.1) is 7.11 Å². The Morgan fingerprint density at radius 1 is 1.47 bits per heavy atom. The summed E-state index contributed by atoms with van der Waals surface area (Å²) >= 11 is 0. The summed E-state index contributed by atoms with van der Waals surface area (Å²) < 4.78 is 5.03. The van der Waals surface area contributed by atoms with E-state index in [1.54, 1.807) is 0 Å². The number of esters is 1. The zero-order valence-electron chi connectivity index (χ0n) is 12.4. The predicted octanol–water partition coefficient (Wildman–Crippen LogP) is 2.99. The fraction of sp³-hybridized carbons (Fsp3) is 0.750. The van der Waals surface area contributed by atoms with Crippen molar-refractivity contribution < 1.29 is 14.3 Å². The smallest absolute Gasteiger partial charge is 0.320 e. The SMILES string of the molecule is C=CC1CC(=O)[C@@]2(C(=O)OC)[C@H](C)CC[C@@]2(C)[C@@H]1C. The minimum atomic E-state index is -0.944. The Balaban J connectivity index is 2.60. The van der Waals surface area contributed by atoms with Gasteiger partial charge in [0.1, 0.15) is 5.41 Å². The molecule has 0 aromatic carbocycles. The van der Waals surface area contributed by atoms with Crippen molar-refractivity contribution in [2.75, 3.05) is 7.11 Å². The highest BCUT2D eigenvalue weighted by atomic mass is 16.5. The van der Waals surface area contributed by atoms with Crippen LogP contribution in [0.15, 0.2) is 12.7 Å². The molecular weight excluding hydrogens is 240 g/mol. The van der Waals surface area contributed by atoms with Gasteiger partial charge in [-0.2, -0.15) is 0 Å². The van der Waals surface area contributed by atoms with Crippen LogP contribution in [0.3, 0.4) is 0 Å². The second kappa shape index (κ2) is 4.46. The van der Waals surface area contributed by atoms with Crippen molar-refractivity contribution in [3.63, 3.8) is 0 Å². The second-order valence-corrected chi connectivity index (χ2v) is 6.47. The molecule has 0 heterocycles. The molecule has 2 saturated carbocycles. The average Bonchev–Trinajstić information content (AvgIpc) is 2.68. The predicted molar refractivity (Wildman–Crippen MR) is 73.4 cm³/mol. The summed E-state index contributed by atoms with van der Waals surface area (Å²) in [7, 11) is 1.39. The molecule has 0 amide bonds. The zero-order valence-corrected chi connectivity index (χ0v) is 12.4. The number of ketones is 1. The molecule has 19 heavy (non-hydrogen) atoms. The molecule has 3 heteroatoms. The summed E-state index contributed by atoms with van der Waals surface area (Å²) in [4.78, 5) is 25.2. The lowest BCUT2D eigenvalue weighted by molar-refractivity contribution is -0.177. The van der Waals surface area contributed by atoms with Crippen LogP contribution in [-0.4, -0.2) is 18.9 Å². The number of methoxy groups -OCH3 is 1. The fourth-order valence-electron chi connectivity index (χ4n) is 4.69. The Morgan fingerprint density at radius 3 is 2.63 bits per heavy atom. The number of allylic oxidation sites excluding steroid dienone is 1. The monoisotopic (exact) mass is 264 g/mol. The topological polar surface area (TPSA) is 43.4 Å². The molecule has 5 atom stereocenters. The molecule has 2 aliphatic rings. The Hall–Kier alpha value is -1.12. The lowest BCUT2D eigenvalue weighted by atomic mass is 9.49. The molecule has 3 nitrogen and oxygen atoms in total. The van der Waals surface area contributed by atoms with E-state index in [-0.39, 0.29) is 34.9 Å². The molecule has 2 rings (SSSR count). The van der Waals surface area contributed by atoms with Crippen molar-refractivity contribution in [2.24, 2.45) is 28.6 Å². The van der Waals surface area contributed by atoms with Crippen LogP contribution < -0.4 is 0 Å². The Bertz CT molecular complexity index is 428. The van der Waals surface area contributed by atoms with Crippen molar-refractivity contribution in [1.82, 2.24) is 0 Å². The maximum atomic E-state index is 12.8. The first-order chi connectivity index (χ1) is 8.86. The van der Waals surface area contributed by atoms with E-state index < -0.39 is 5.41 Å². The van der Waals surface area contributed by atoms with Gasteiger partial charge in [-0.25, -0.2) is 0 Å². The molecule has 0 spiro atoms. The number of hydrogen-bond acceptors (Lipinski definition) is 3. The molecule has 2 fully saturated rings. The van der Waals surface area contributed by atoms with Crippen molar-refractivity contribution in [3.05, 3.63) is 12.7 Å². The summed E-state index contributed by atoms with van der Waals surface area (Å²) in [6, 6.07) is 0. The number of carbonyl (C=O) groups excluding carboxylic acids is 2. The van der Waals surface area contributed by atoms with Crippen LogP contribution in [0.1, 0.15) is 40.0 Å². The van der Waals surface area contributed by atoms with E-state index in [4.69, 9.17) is 4.74 Å². The standard InChI is InChI=1S/C16H24O3/c1-6-12-9-13(17)16(14(18)19-5)10(2)7-8-15(16,4)11(12)3/h6,10-12H,1,7-9H2,2-5H3/t10-,11-,12?,15+,16-/m1/s1. The van der Waals surface area contributed by atoms with Crippen molar-refractivity contribution in [3.8, 4) is 0 Å². The van der Waals surface area contributed by atoms with Gasteiger partial charge >= 0.3 is 5.97 Å². The van der Waals surface area contributed by atoms with Crippen LogP contribution in [0, 0.1) is 28.6 Å². The molecule has 106 valence electrons. The highest BCUT2D eigenvalue weighted by molar-refractivity contribution is 6.06.